The zero-order valence-electron chi connectivity index (χ0n) is 9.76. The molecule has 0 saturated heterocycles. The zero-order chi connectivity index (χ0) is 12.7. The molecule has 1 atom stereocenters. The topological polar surface area (TPSA) is 63.3 Å². The molecule has 0 saturated carbocycles. The normalized spacial score (nSPS) is 16.2. The van der Waals surface area contributed by atoms with Crippen molar-refractivity contribution in [2.75, 3.05) is 6.61 Å². The number of aliphatic hydroxyl groups excluding tert-OH is 1. The van der Waals surface area contributed by atoms with Gasteiger partial charge in [0, 0.05) is 11.5 Å². The van der Waals surface area contributed by atoms with E-state index in [4.69, 9.17) is 5.73 Å². The first-order valence-electron chi connectivity index (χ1n) is 5.87. The molecule has 2 aromatic carbocycles. The highest BCUT2D eigenvalue weighted by molar-refractivity contribution is 6.02. The molecule has 1 aliphatic rings. The summed E-state index contributed by atoms with van der Waals surface area (Å²) in [5.41, 5.74) is 9.87. The first-order valence-corrected chi connectivity index (χ1v) is 5.87. The van der Waals surface area contributed by atoms with Crippen LogP contribution >= 0.6 is 0 Å². The zero-order valence-corrected chi connectivity index (χ0v) is 9.76. The number of primary amides is 1. The molecule has 3 heteroatoms. The molecule has 1 aliphatic carbocycles. The Morgan fingerprint density at radius 2 is 1.83 bits per heavy atom. The maximum absolute atomic E-state index is 11.5. The fourth-order valence-electron chi connectivity index (χ4n) is 2.76. The van der Waals surface area contributed by atoms with Gasteiger partial charge in [-0.3, -0.25) is 4.79 Å². The van der Waals surface area contributed by atoms with Gasteiger partial charge in [0.1, 0.15) is 0 Å². The first-order chi connectivity index (χ1) is 8.74. The van der Waals surface area contributed by atoms with Crippen molar-refractivity contribution in [3.8, 4) is 11.1 Å². The van der Waals surface area contributed by atoms with Crippen molar-refractivity contribution < 1.29 is 9.90 Å². The molecule has 18 heavy (non-hydrogen) atoms. The van der Waals surface area contributed by atoms with Gasteiger partial charge in [-0.2, -0.15) is 0 Å². The van der Waals surface area contributed by atoms with Crippen LogP contribution in [0.3, 0.4) is 0 Å². The van der Waals surface area contributed by atoms with Crippen LogP contribution in [0.5, 0.6) is 0 Å². The Balaban J connectivity index is 2.35. The smallest absolute Gasteiger partial charge is 0.249 e. The van der Waals surface area contributed by atoms with Gasteiger partial charge in [0.25, 0.3) is 0 Å². The Morgan fingerprint density at radius 1 is 1.11 bits per heavy atom. The average Bonchev–Trinajstić information content (AvgIpc) is 2.72. The van der Waals surface area contributed by atoms with Crippen molar-refractivity contribution in [3.05, 3.63) is 59.2 Å². The van der Waals surface area contributed by atoms with E-state index in [1.807, 2.05) is 36.4 Å². The van der Waals surface area contributed by atoms with Gasteiger partial charge in [-0.05, 0) is 28.3 Å². The van der Waals surface area contributed by atoms with Gasteiger partial charge in [0.05, 0.1) is 6.61 Å². The highest BCUT2D eigenvalue weighted by Crippen LogP contribution is 2.45. The van der Waals surface area contributed by atoms with Crippen molar-refractivity contribution in [1.29, 1.82) is 0 Å². The number of nitrogens with two attached hydrogens (primary N) is 1. The average molecular weight is 239 g/mol. The molecule has 1 unspecified atom stereocenters. The maximum Gasteiger partial charge on any atom is 0.249 e. The largest absolute Gasteiger partial charge is 0.395 e. The van der Waals surface area contributed by atoms with Crippen LogP contribution < -0.4 is 5.73 Å². The Morgan fingerprint density at radius 3 is 2.56 bits per heavy atom. The van der Waals surface area contributed by atoms with Crippen molar-refractivity contribution in [1.82, 2.24) is 0 Å². The predicted molar refractivity (Wildman–Crippen MR) is 69.3 cm³/mol. The summed E-state index contributed by atoms with van der Waals surface area (Å²) in [6, 6.07) is 13.3. The van der Waals surface area contributed by atoms with Gasteiger partial charge >= 0.3 is 0 Å². The van der Waals surface area contributed by atoms with E-state index in [1.54, 1.807) is 6.07 Å². The van der Waals surface area contributed by atoms with E-state index >= 15 is 0 Å². The lowest BCUT2D eigenvalue weighted by Crippen LogP contribution is -2.12. The molecular formula is C15H13NO2. The third kappa shape index (κ3) is 1.38. The van der Waals surface area contributed by atoms with E-state index in [-0.39, 0.29) is 12.5 Å². The quantitative estimate of drug-likeness (QED) is 0.840. The molecule has 3 nitrogen and oxygen atoms in total. The molecule has 0 radical (unpaired) electrons. The molecular weight excluding hydrogens is 226 g/mol. The molecule has 0 aliphatic heterocycles. The van der Waals surface area contributed by atoms with E-state index in [0.717, 1.165) is 22.3 Å². The van der Waals surface area contributed by atoms with Crippen LogP contribution in [0, 0.1) is 0 Å². The Bertz CT molecular complexity index is 634. The molecule has 2 aromatic rings. The van der Waals surface area contributed by atoms with Crippen molar-refractivity contribution in [2.24, 2.45) is 5.73 Å². The summed E-state index contributed by atoms with van der Waals surface area (Å²) in [6.07, 6.45) is 0. The van der Waals surface area contributed by atoms with Crippen molar-refractivity contribution in [2.45, 2.75) is 5.92 Å². The predicted octanol–water partition coefficient (Wildman–Crippen LogP) is 1.89. The van der Waals surface area contributed by atoms with Gasteiger partial charge in [0.2, 0.25) is 5.91 Å². The number of rotatable bonds is 2. The number of benzene rings is 2. The number of carbonyl (C=O) groups excluding carboxylic acids is 1. The Hall–Kier alpha value is -2.13. The number of hydrogen-bond donors (Lipinski definition) is 2. The second kappa shape index (κ2) is 3.96. The van der Waals surface area contributed by atoms with Crippen LogP contribution in [-0.2, 0) is 0 Å². The molecule has 0 spiro atoms. The van der Waals surface area contributed by atoms with Crippen LogP contribution in [0.2, 0.25) is 0 Å². The van der Waals surface area contributed by atoms with E-state index in [0.29, 0.717) is 5.56 Å². The van der Waals surface area contributed by atoms with E-state index in [2.05, 4.69) is 0 Å². The minimum atomic E-state index is -0.430. The summed E-state index contributed by atoms with van der Waals surface area (Å²) in [6.45, 7) is 0.0340. The van der Waals surface area contributed by atoms with Crippen LogP contribution in [0.15, 0.2) is 42.5 Å². The summed E-state index contributed by atoms with van der Waals surface area (Å²) in [5, 5.41) is 9.57. The summed E-state index contributed by atoms with van der Waals surface area (Å²) in [4.78, 5) is 11.5. The van der Waals surface area contributed by atoms with E-state index in [1.165, 1.54) is 0 Å². The summed E-state index contributed by atoms with van der Waals surface area (Å²) in [5.74, 6) is -0.490. The lowest BCUT2D eigenvalue weighted by molar-refractivity contribution is 0.100. The third-order valence-corrected chi connectivity index (χ3v) is 3.53. The van der Waals surface area contributed by atoms with Crippen molar-refractivity contribution in [3.63, 3.8) is 0 Å². The number of amides is 1. The molecule has 90 valence electrons. The third-order valence-electron chi connectivity index (χ3n) is 3.53. The fourth-order valence-corrected chi connectivity index (χ4v) is 2.76. The Kier molecular flexibility index (Phi) is 2.42. The molecule has 3 N–H and O–H groups in total. The highest BCUT2D eigenvalue weighted by Gasteiger charge is 2.30. The minimum Gasteiger partial charge on any atom is -0.395 e. The summed E-state index contributed by atoms with van der Waals surface area (Å²) in [7, 11) is 0. The maximum atomic E-state index is 11.5. The number of carbonyl (C=O) groups is 1. The molecule has 0 heterocycles. The van der Waals surface area contributed by atoms with Gasteiger partial charge in [-0.1, -0.05) is 36.4 Å². The second-order valence-electron chi connectivity index (χ2n) is 4.46. The minimum absolute atomic E-state index is 0.0340. The fraction of sp³-hybridized carbons (Fsp3) is 0.133. The van der Waals surface area contributed by atoms with E-state index in [9.17, 15) is 9.90 Å². The highest BCUT2D eigenvalue weighted by atomic mass is 16.3. The molecule has 1 amide bonds. The van der Waals surface area contributed by atoms with Crippen molar-refractivity contribution >= 4 is 5.91 Å². The molecule has 3 rings (SSSR count). The van der Waals surface area contributed by atoms with Crippen LogP contribution in [0.25, 0.3) is 11.1 Å². The molecule has 0 aromatic heterocycles. The van der Waals surface area contributed by atoms with Gasteiger partial charge < -0.3 is 10.8 Å². The number of aliphatic hydroxyl groups is 1. The lowest BCUT2D eigenvalue weighted by Gasteiger charge is -2.09. The van der Waals surface area contributed by atoms with Crippen LogP contribution in [0.4, 0.5) is 0 Å². The SMILES string of the molecule is NC(=O)c1cccc2c1-c1ccccc1C2CO. The molecule has 0 fully saturated rings. The summed E-state index contributed by atoms with van der Waals surface area (Å²) >= 11 is 0. The van der Waals surface area contributed by atoms with Crippen LogP contribution in [0.1, 0.15) is 27.4 Å². The first kappa shape index (κ1) is 11.0. The van der Waals surface area contributed by atoms with Gasteiger partial charge in [-0.15, -0.1) is 0 Å². The standard InChI is InChI=1S/C15H13NO2/c16-15(18)12-7-3-6-11-13(8-17)9-4-1-2-5-10(9)14(11)12/h1-7,13,17H,8H2,(H2,16,18). The van der Waals surface area contributed by atoms with Gasteiger partial charge in [0.15, 0.2) is 0 Å². The monoisotopic (exact) mass is 239 g/mol. The Labute approximate surface area is 105 Å². The number of hydrogen-bond acceptors (Lipinski definition) is 2. The van der Waals surface area contributed by atoms with E-state index < -0.39 is 5.91 Å². The number of fused-ring (bicyclic) bond motifs is 3. The second-order valence-corrected chi connectivity index (χ2v) is 4.46. The molecule has 0 bridgehead atoms. The lowest BCUT2D eigenvalue weighted by atomic mass is 9.96. The van der Waals surface area contributed by atoms with Gasteiger partial charge in [-0.25, -0.2) is 0 Å². The van der Waals surface area contributed by atoms with Crippen LogP contribution in [-0.4, -0.2) is 17.6 Å². The summed E-state index contributed by atoms with van der Waals surface area (Å²) < 4.78 is 0.